The first-order valence-corrected chi connectivity index (χ1v) is 10.2. The molecule has 0 bridgehead atoms. The van der Waals surface area contributed by atoms with Crippen molar-refractivity contribution in [3.63, 3.8) is 0 Å². The number of carbonyl (C=O) groups is 2. The van der Waals surface area contributed by atoms with E-state index in [0.29, 0.717) is 18.7 Å². The monoisotopic (exact) mass is 380 g/mol. The van der Waals surface area contributed by atoms with Gasteiger partial charge in [0.2, 0.25) is 15.9 Å². The number of hydrogen-bond acceptors (Lipinski definition) is 5. The lowest BCUT2D eigenvalue weighted by molar-refractivity contribution is -0.122. The Bertz CT molecular complexity index is 796. The number of sulfonamides is 1. The predicted molar refractivity (Wildman–Crippen MR) is 96.2 cm³/mol. The summed E-state index contributed by atoms with van der Waals surface area (Å²) in [6.45, 7) is 1.71. The molecule has 26 heavy (non-hydrogen) atoms. The van der Waals surface area contributed by atoms with Gasteiger partial charge in [0.1, 0.15) is 0 Å². The molecule has 1 aromatic rings. The van der Waals surface area contributed by atoms with Gasteiger partial charge in [-0.2, -0.15) is 4.31 Å². The largest absolute Gasteiger partial charge is 0.354 e. The van der Waals surface area contributed by atoms with Crippen molar-refractivity contribution in [1.29, 1.82) is 0 Å². The molecule has 2 heterocycles. The number of nitrogens with zero attached hydrogens (tertiary/aromatic N) is 2. The minimum atomic E-state index is -3.81. The van der Waals surface area contributed by atoms with Crippen LogP contribution in [0.2, 0.25) is 0 Å². The van der Waals surface area contributed by atoms with Crippen molar-refractivity contribution in [2.45, 2.75) is 23.8 Å². The molecule has 9 heteroatoms. The zero-order valence-electron chi connectivity index (χ0n) is 14.8. The van der Waals surface area contributed by atoms with Gasteiger partial charge in [-0.1, -0.05) is 6.07 Å². The summed E-state index contributed by atoms with van der Waals surface area (Å²) >= 11 is 0. The van der Waals surface area contributed by atoms with Crippen LogP contribution < -0.4 is 10.6 Å². The number of likely N-dealkylation sites (N-methyl/N-ethyl adjacent to an activating group) is 1. The molecule has 0 saturated carbocycles. The molecular weight excluding hydrogens is 356 g/mol. The zero-order chi connectivity index (χ0) is 18.7. The first kappa shape index (κ1) is 18.8. The first-order valence-electron chi connectivity index (χ1n) is 8.76. The van der Waals surface area contributed by atoms with Crippen LogP contribution in [0.25, 0.3) is 0 Å². The molecule has 3 rings (SSSR count). The molecule has 0 aliphatic carbocycles. The fourth-order valence-corrected chi connectivity index (χ4v) is 4.92. The molecular formula is C17H24N4O4S. The van der Waals surface area contributed by atoms with Crippen molar-refractivity contribution in [3.8, 4) is 0 Å². The minimum absolute atomic E-state index is 0.0439. The molecule has 8 nitrogen and oxygen atoms in total. The van der Waals surface area contributed by atoms with Gasteiger partial charge < -0.3 is 15.5 Å². The van der Waals surface area contributed by atoms with Crippen molar-refractivity contribution in [3.05, 3.63) is 29.8 Å². The van der Waals surface area contributed by atoms with E-state index in [9.17, 15) is 18.0 Å². The maximum atomic E-state index is 12.9. The third-order valence-electron chi connectivity index (χ3n) is 4.80. The van der Waals surface area contributed by atoms with Gasteiger partial charge in [-0.15, -0.1) is 0 Å². The number of amides is 2. The lowest BCUT2D eigenvalue weighted by atomic mass is 10.1. The SMILES string of the molecule is CNCC1CCCN1C(=O)c1cccc(S(=O)(=O)N2CCNC(=O)C2)c1. The average Bonchev–Trinajstić information content (AvgIpc) is 3.10. The van der Waals surface area contributed by atoms with Gasteiger partial charge in [-0.3, -0.25) is 9.59 Å². The van der Waals surface area contributed by atoms with E-state index < -0.39 is 10.0 Å². The van der Waals surface area contributed by atoms with E-state index >= 15 is 0 Å². The summed E-state index contributed by atoms with van der Waals surface area (Å²) < 4.78 is 26.8. The molecule has 0 radical (unpaired) electrons. The molecule has 2 N–H and O–H groups in total. The van der Waals surface area contributed by atoms with Crippen LogP contribution in [0.1, 0.15) is 23.2 Å². The summed E-state index contributed by atoms with van der Waals surface area (Å²) in [5.74, 6) is -0.477. The molecule has 0 spiro atoms. The van der Waals surface area contributed by atoms with Crippen LogP contribution in [0.5, 0.6) is 0 Å². The summed E-state index contributed by atoms with van der Waals surface area (Å²) in [5, 5.41) is 5.70. The standard InChI is InChI=1S/C17H24N4O4S/c1-18-11-14-5-3-8-21(14)17(23)13-4-2-6-15(10-13)26(24,25)20-9-7-19-16(22)12-20/h2,4,6,10,14,18H,3,5,7-9,11-12H2,1H3,(H,19,22). The Morgan fingerprint density at radius 2 is 2.15 bits per heavy atom. The summed E-state index contributed by atoms with van der Waals surface area (Å²) in [5.41, 5.74) is 0.357. The van der Waals surface area contributed by atoms with E-state index in [-0.39, 0.29) is 42.4 Å². The van der Waals surface area contributed by atoms with Crippen LogP contribution in [-0.4, -0.2) is 75.3 Å². The number of likely N-dealkylation sites (tertiary alicyclic amines) is 1. The van der Waals surface area contributed by atoms with Crippen LogP contribution in [0.15, 0.2) is 29.2 Å². The number of hydrogen-bond donors (Lipinski definition) is 2. The molecule has 2 aliphatic heterocycles. The Morgan fingerprint density at radius 1 is 1.35 bits per heavy atom. The van der Waals surface area contributed by atoms with Crippen LogP contribution in [0.4, 0.5) is 0 Å². The Kier molecular flexibility index (Phi) is 5.59. The quantitative estimate of drug-likeness (QED) is 0.726. The van der Waals surface area contributed by atoms with Crippen molar-refractivity contribution < 1.29 is 18.0 Å². The molecule has 1 atom stereocenters. The summed E-state index contributed by atoms with van der Waals surface area (Å²) in [6, 6.07) is 6.22. The Labute approximate surface area is 153 Å². The fraction of sp³-hybridized carbons (Fsp3) is 0.529. The van der Waals surface area contributed by atoms with Crippen molar-refractivity contribution in [2.24, 2.45) is 0 Å². The highest BCUT2D eigenvalue weighted by atomic mass is 32.2. The fourth-order valence-electron chi connectivity index (χ4n) is 3.48. The Balaban J connectivity index is 1.83. The second-order valence-corrected chi connectivity index (χ2v) is 8.51. The van der Waals surface area contributed by atoms with Gasteiger partial charge in [0, 0.05) is 37.8 Å². The molecule has 2 fully saturated rings. The highest BCUT2D eigenvalue weighted by Gasteiger charge is 2.32. The number of rotatable bonds is 5. The van der Waals surface area contributed by atoms with Crippen molar-refractivity contribution in [2.75, 3.05) is 39.8 Å². The number of carbonyl (C=O) groups excluding carboxylic acids is 2. The topological polar surface area (TPSA) is 98.8 Å². The molecule has 0 aromatic heterocycles. The summed E-state index contributed by atoms with van der Waals surface area (Å²) in [7, 11) is -1.96. The zero-order valence-corrected chi connectivity index (χ0v) is 15.6. The van der Waals surface area contributed by atoms with E-state index in [1.165, 1.54) is 12.1 Å². The molecule has 2 saturated heterocycles. The molecule has 142 valence electrons. The van der Waals surface area contributed by atoms with Gasteiger partial charge in [0.15, 0.2) is 0 Å². The maximum absolute atomic E-state index is 12.9. The van der Waals surface area contributed by atoms with E-state index in [0.717, 1.165) is 17.1 Å². The minimum Gasteiger partial charge on any atom is -0.354 e. The normalized spacial score (nSPS) is 21.7. The second kappa shape index (κ2) is 7.73. The first-order chi connectivity index (χ1) is 12.4. The Morgan fingerprint density at radius 3 is 2.88 bits per heavy atom. The second-order valence-electron chi connectivity index (χ2n) is 6.57. The van der Waals surface area contributed by atoms with Gasteiger partial charge in [-0.25, -0.2) is 8.42 Å². The summed E-state index contributed by atoms with van der Waals surface area (Å²) in [6.07, 6.45) is 1.88. The molecule has 2 amide bonds. The van der Waals surface area contributed by atoms with Crippen LogP contribution in [0.3, 0.4) is 0 Å². The van der Waals surface area contributed by atoms with Gasteiger partial charge >= 0.3 is 0 Å². The average molecular weight is 380 g/mol. The van der Waals surface area contributed by atoms with E-state index in [2.05, 4.69) is 10.6 Å². The van der Waals surface area contributed by atoms with Crippen molar-refractivity contribution >= 4 is 21.8 Å². The highest BCUT2D eigenvalue weighted by molar-refractivity contribution is 7.89. The van der Waals surface area contributed by atoms with Crippen molar-refractivity contribution in [1.82, 2.24) is 19.8 Å². The van der Waals surface area contributed by atoms with Crippen LogP contribution in [-0.2, 0) is 14.8 Å². The van der Waals surface area contributed by atoms with E-state index in [1.807, 2.05) is 7.05 Å². The third-order valence-corrected chi connectivity index (χ3v) is 6.64. The highest BCUT2D eigenvalue weighted by Crippen LogP contribution is 2.22. The lowest BCUT2D eigenvalue weighted by Crippen LogP contribution is -2.49. The van der Waals surface area contributed by atoms with Crippen LogP contribution >= 0.6 is 0 Å². The number of benzene rings is 1. The number of nitrogens with one attached hydrogen (secondary N) is 2. The third kappa shape index (κ3) is 3.74. The predicted octanol–water partition coefficient (Wildman–Crippen LogP) is -0.369. The van der Waals surface area contributed by atoms with E-state index in [4.69, 9.17) is 0 Å². The number of piperazine rings is 1. The smallest absolute Gasteiger partial charge is 0.254 e. The molecule has 1 unspecified atom stereocenters. The van der Waals surface area contributed by atoms with Crippen LogP contribution in [0, 0.1) is 0 Å². The van der Waals surface area contributed by atoms with Gasteiger partial charge in [0.05, 0.1) is 11.4 Å². The Hall–Kier alpha value is -1.97. The van der Waals surface area contributed by atoms with Gasteiger partial charge in [0.25, 0.3) is 5.91 Å². The van der Waals surface area contributed by atoms with E-state index in [1.54, 1.807) is 17.0 Å². The maximum Gasteiger partial charge on any atom is 0.254 e. The lowest BCUT2D eigenvalue weighted by Gasteiger charge is -2.27. The molecule has 1 aromatic carbocycles. The summed E-state index contributed by atoms with van der Waals surface area (Å²) in [4.78, 5) is 26.2. The molecule has 2 aliphatic rings. The van der Waals surface area contributed by atoms with Gasteiger partial charge in [-0.05, 0) is 38.1 Å².